The molecule has 0 spiro atoms. The summed E-state index contributed by atoms with van der Waals surface area (Å²) in [7, 11) is 0. The molecule has 0 heterocycles. The van der Waals surface area contributed by atoms with Crippen LogP contribution in [0.15, 0.2) is 30.3 Å². The van der Waals surface area contributed by atoms with Gasteiger partial charge in [0.25, 0.3) is 0 Å². The van der Waals surface area contributed by atoms with Crippen molar-refractivity contribution in [3.63, 3.8) is 0 Å². The van der Waals surface area contributed by atoms with Crippen LogP contribution in [0, 0.1) is 5.41 Å². The monoisotopic (exact) mass is 433 g/mol. The SMILES string of the molecule is CCOC(=O)C1(N)CCCC1(C(=O)C(C)N)C(=O)C(C)NC(=O)OCc1ccccc1. The van der Waals surface area contributed by atoms with E-state index in [9.17, 15) is 19.2 Å². The molecule has 9 heteroatoms. The number of amides is 1. The number of Topliss-reactive ketones (excluding diaryl/α,β-unsaturated/α-hetero) is 2. The lowest BCUT2D eigenvalue weighted by atomic mass is 9.63. The maximum absolute atomic E-state index is 13.5. The van der Waals surface area contributed by atoms with Crippen molar-refractivity contribution in [1.82, 2.24) is 5.32 Å². The summed E-state index contributed by atoms with van der Waals surface area (Å²) in [5.74, 6) is -2.15. The van der Waals surface area contributed by atoms with E-state index in [2.05, 4.69) is 5.32 Å². The summed E-state index contributed by atoms with van der Waals surface area (Å²) >= 11 is 0. The summed E-state index contributed by atoms with van der Waals surface area (Å²) in [5.41, 5.74) is 9.26. The molecule has 4 atom stereocenters. The first-order valence-electron chi connectivity index (χ1n) is 10.4. The van der Waals surface area contributed by atoms with Gasteiger partial charge in [-0.05, 0) is 45.6 Å². The Hall–Kier alpha value is -2.78. The van der Waals surface area contributed by atoms with Crippen LogP contribution in [-0.4, -0.2) is 47.9 Å². The Labute approximate surface area is 181 Å². The van der Waals surface area contributed by atoms with Gasteiger partial charge in [-0.3, -0.25) is 14.4 Å². The second-order valence-corrected chi connectivity index (χ2v) is 7.90. The summed E-state index contributed by atoms with van der Waals surface area (Å²) in [6.45, 7) is 4.54. The fourth-order valence-electron chi connectivity index (χ4n) is 4.18. The van der Waals surface area contributed by atoms with Gasteiger partial charge < -0.3 is 26.3 Å². The lowest BCUT2D eigenvalue weighted by molar-refractivity contribution is -0.163. The largest absolute Gasteiger partial charge is 0.465 e. The summed E-state index contributed by atoms with van der Waals surface area (Å²) in [4.78, 5) is 51.6. The van der Waals surface area contributed by atoms with Gasteiger partial charge in [0.05, 0.1) is 18.7 Å². The van der Waals surface area contributed by atoms with E-state index in [4.69, 9.17) is 20.9 Å². The zero-order chi connectivity index (χ0) is 23.2. The van der Waals surface area contributed by atoms with Crippen LogP contribution in [0.2, 0.25) is 0 Å². The van der Waals surface area contributed by atoms with Crippen molar-refractivity contribution in [3.8, 4) is 0 Å². The number of alkyl carbamates (subject to hydrolysis) is 1. The fourth-order valence-corrected chi connectivity index (χ4v) is 4.18. The van der Waals surface area contributed by atoms with E-state index in [1.807, 2.05) is 18.2 Å². The number of carbonyl (C=O) groups is 4. The number of rotatable bonds is 9. The number of ether oxygens (including phenoxy) is 2. The number of ketones is 2. The third kappa shape index (κ3) is 4.77. The van der Waals surface area contributed by atoms with Gasteiger partial charge in [0.1, 0.15) is 17.6 Å². The highest BCUT2D eigenvalue weighted by molar-refractivity contribution is 6.16. The van der Waals surface area contributed by atoms with Crippen molar-refractivity contribution in [2.45, 2.75) is 64.3 Å². The zero-order valence-electron chi connectivity index (χ0n) is 18.2. The Morgan fingerprint density at radius 2 is 1.71 bits per heavy atom. The average molecular weight is 434 g/mol. The Morgan fingerprint density at radius 1 is 1.06 bits per heavy atom. The van der Waals surface area contributed by atoms with E-state index in [1.54, 1.807) is 19.1 Å². The average Bonchev–Trinajstić information content (AvgIpc) is 3.11. The van der Waals surface area contributed by atoms with E-state index >= 15 is 0 Å². The molecule has 1 fully saturated rings. The Morgan fingerprint density at radius 3 is 2.29 bits per heavy atom. The Kier molecular flexibility index (Phi) is 7.91. The maximum Gasteiger partial charge on any atom is 0.408 e. The Bertz CT molecular complexity index is 828. The van der Waals surface area contributed by atoms with E-state index in [0.29, 0.717) is 6.42 Å². The van der Waals surface area contributed by atoms with Gasteiger partial charge in [0.15, 0.2) is 11.6 Å². The molecular weight excluding hydrogens is 402 g/mol. The molecule has 2 rings (SSSR count). The topological polar surface area (TPSA) is 151 Å². The van der Waals surface area contributed by atoms with Gasteiger partial charge in [0.2, 0.25) is 0 Å². The molecule has 1 aromatic rings. The summed E-state index contributed by atoms with van der Waals surface area (Å²) in [6, 6.07) is 6.87. The van der Waals surface area contributed by atoms with Gasteiger partial charge in [-0.15, -0.1) is 0 Å². The highest BCUT2D eigenvalue weighted by atomic mass is 16.5. The van der Waals surface area contributed by atoms with Crippen LogP contribution in [0.3, 0.4) is 0 Å². The minimum atomic E-state index is -1.89. The third-order valence-electron chi connectivity index (χ3n) is 5.72. The van der Waals surface area contributed by atoms with Crippen molar-refractivity contribution in [2.75, 3.05) is 6.61 Å². The van der Waals surface area contributed by atoms with Crippen LogP contribution in [-0.2, 0) is 30.5 Å². The molecule has 0 aliphatic heterocycles. The van der Waals surface area contributed by atoms with E-state index < -0.39 is 46.7 Å². The standard InChI is InChI=1S/C22H31N3O6/c1-4-30-19(28)22(24)12-8-11-21(22,17(26)14(2)23)18(27)15(3)25-20(29)31-13-16-9-6-5-7-10-16/h5-7,9-10,14-15H,4,8,11-13,23-24H2,1-3H3,(H,25,29). The number of carbonyl (C=O) groups excluding carboxylic acids is 4. The molecule has 0 bridgehead atoms. The molecule has 0 saturated heterocycles. The van der Waals surface area contributed by atoms with Crippen molar-refractivity contribution >= 4 is 23.6 Å². The summed E-state index contributed by atoms with van der Waals surface area (Å²) in [6.07, 6.45) is -0.316. The summed E-state index contributed by atoms with van der Waals surface area (Å²) < 4.78 is 10.2. The van der Waals surface area contributed by atoms with Gasteiger partial charge in [0, 0.05) is 0 Å². The Balaban J connectivity index is 2.24. The normalized spacial score (nSPS) is 24.7. The number of benzene rings is 1. The first kappa shape index (κ1) is 24.5. The van der Waals surface area contributed by atoms with E-state index in [1.165, 1.54) is 13.8 Å². The lowest BCUT2D eigenvalue weighted by Crippen LogP contribution is -2.69. The van der Waals surface area contributed by atoms with E-state index in [-0.39, 0.29) is 26.1 Å². The molecule has 1 aliphatic rings. The van der Waals surface area contributed by atoms with Crippen molar-refractivity contribution < 1.29 is 28.7 Å². The number of nitrogens with two attached hydrogens (primary N) is 2. The number of nitrogens with one attached hydrogen (secondary N) is 1. The van der Waals surface area contributed by atoms with Crippen LogP contribution in [0.5, 0.6) is 0 Å². The summed E-state index contributed by atoms with van der Waals surface area (Å²) in [5, 5.41) is 2.44. The van der Waals surface area contributed by atoms with Crippen LogP contribution < -0.4 is 16.8 Å². The van der Waals surface area contributed by atoms with Gasteiger partial charge in [-0.25, -0.2) is 4.79 Å². The molecule has 1 aromatic carbocycles. The molecule has 170 valence electrons. The first-order chi connectivity index (χ1) is 14.6. The minimum Gasteiger partial charge on any atom is -0.465 e. The number of hydrogen-bond acceptors (Lipinski definition) is 8. The predicted octanol–water partition coefficient (Wildman–Crippen LogP) is 1.22. The lowest BCUT2D eigenvalue weighted by Gasteiger charge is -2.41. The highest BCUT2D eigenvalue weighted by Crippen LogP contribution is 2.48. The second kappa shape index (κ2) is 10.0. The number of esters is 1. The quantitative estimate of drug-likeness (QED) is 0.388. The van der Waals surface area contributed by atoms with Crippen molar-refractivity contribution in [3.05, 3.63) is 35.9 Å². The smallest absolute Gasteiger partial charge is 0.408 e. The van der Waals surface area contributed by atoms with Crippen LogP contribution in [0.4, 0.5) is 4.79 Å². The predicted molar refractivity (Wildman–Crippen MR) is 113 cm³/mol. The van der Waals surface area contributed by atoms with Crippen molar-refractivity contribution in [2.24, 2.45) is 16.9 Å². The van der Waals surface area contributed by atoms with Gasteiger partial charge >= 0.3 is 12.1 Å². The van der Waals surface area contributed by atoms with Crippen molar-refractivity contribution in [1.29, 1.82) is 0 Å². The molecule has 0 radical (unpaired) electrons. The van der Waals surface area contributed by atoms with Gasteiger partial charge in [-0.1, -0.05) is 30.3 Å². The van der Waals surface area contributed by atoms with Crippen LogP contribution in [0.1, 0.15) is 45.6 Å². The molecule has 4 unspecified atom stereocenters. The first-order valence-corrected chi connectivity index (χ1v) is 10.4. The highest BCUT2D eigenvalue weighted by Gasteiger charge is 2.67. The zero-order valence-corrected chi connectivity index (χ0v) is 18.2. The molecule has 31 heavy (non-hydrogen) atoms. The molecule has 1 aliphatic carbocycles. The molecular formula is C22H31N3O6. The number of hydrogen-bond donors (Lipinski definition) is 3. The second-order valence-electron chi connectivity index (χ2n) is 7.90. The molecule has 5 N–H and O–H groups in total. The van der Waals surface area contributed by atoms with Gasteiger partial charge in [-0.2, -0.15) is 0 Å². The maximum atomic E-state index is 13.5. The van der Waals surface area contributed by atoms with Crippen LogP contribution >= 0.6 is 0 Å². The fraction of sp³-hybridized carbons (Fsp3) is 0.545. The van der Waals surface area contributed by atoms with E-state index in [0.717, 1.165) is 5.56 Å². The third-order valence-corrected chi connectivity index (χ3v) is 5.72. The molecule has 1 amide bonds. The molecule has 9 nitrogen and oxygen atoms in total. The molecule has 0 aromatic heterocycles. The minimum absolute atomic E-state index is 0.0150. The van der Waals surface area contributed by atoms with Crippen LogP contribution in [0.25, 0.3) is 0 Å². The molecule has 1 saturated carbocycles.